The van der Waals surface area contributed by atoms with E-state index in [-0.39, 0.29) is 6.54 Å². The van der Waals surface area contributed by atoms with E-state index >= 15 is 0 Å². The fraction of sp³-hybridized carbons (Fsp3) is 0.158. The van der Waals surface area contributed by atoms with Gasteiger partial charge in [-0.2, -0.15) is 0 Å². The second-order valence-electron chi connectivity index (χ2n) is 5.58. The summed E-state index contributed by atoms with van der Waals surface area (Å²) in [5, 5.41) is 5.16. The largest absolute Gasteiger partial charge is 0.497 e. The first-order valence-electron chi connectivity index (χ1n) is 8.00. The zero-order valence-corrected chi connectivity index (χ0v) is 15.1. The maximum Gasteiger partial charge on any atom is 0.254 e. The number of benzene rings is 2. The van der Waals surface area contributed by atoms with Crippen molar-refractivity contribution in [2.45, 2.75) is 6.42 Å². The zero-order valence-electron chi connectivity index (χ0n) is 14.3. The van der Waals surface area contributed by atoms with Gasteiger partial charge in [0.2, 0.25) is 0 Å². The highest BCUT2D eigenvalue weighted by Crippen LogP contribution is 2.24. The number of thiazole rings is 1. The van der Waals surface area contributed by atoms with Crippen molar-refractivity contribution < 1.29 is 22.7 Å². The number of halogens is 3. The number of methoxy groups -OCH3 is 1. The van der Waals surface area contributed by atoms with Crippen LogP contribution in [-0.4, -0.2) is 24.5 Å². The summed E-state index contributed by atoms with van der Waals surface area (Å²) in [4.78, 5) is 16.4. The molecule has 0 aliphatic carbocycles. The highest BCUT2D eigenvalue weighted by atomic mass is 32.1. The minimum atomic E-state index is -1.66. The molecular weight excluding hydrogens is 377 g/mol. The normalized spacial score (nSPS) is 10.7. The lowest BCUT2D eigenvalue weighted by Gasteiger charge is -2.06. The minimum Gasteiger partial charge on any atom is -0.497 e. The van der Waals surface area contributed by atoms with Crippen LogP contribution in [-0.2, 0) is 6.42 Å². The quantitative estimate of drug-likeness (QED) is 0.640. The van der Waals surface area contributed by atoms with Crippen molar-refractivity contribution in [3.8, 4) is 17.0 Å². The third kappa shape index (κ3) is 4.28. The van der Waals surface area contributed by atoms with Crippen molar-refractivity contribution in [1.82, 2.24) is 10.3 Å². The zero-order chi connectivity index (χ0) is 19.4. The molecule has 27 heavy (non-hydrogen) atoms. The number of rotatable bonds is 6. The fourth-order valence-corrected chi connectivity index (χ4v) is 3.21. The highest BCUT2D eigenvalue weighted by molar-refractivity contribution is 7.09. The third-order valence-corrected chi connectivity index (χ3v) is 4.75. The summed E-state index contributed by atoms with van der Waals surface area (Å²) >= 11 is 1.43. The second-order valence-corrected chi connectivity index (χ2v) is 6.53. The van der Waals surface area contributed by atoms with Gasteiger partial charge in [-0.25, -0.2) is 18.2 Å². The van der Waals surface area contributed by atoms with E-state index in [1.807, 2.05) is 29.6 Å². The standard InChI is InChI=1S/C19H15F3N2O2S/c1-26-12-4-2-11(3-5-12)15-10-27-16(24-15)8-9-23-19(25)13-6-7-14(20)18(22)17(13)21/h2-7,10H,8-9H2,1H3,(H,23,25). The van der Waals surface area contributed by atoms with Gasteiger partial charge >= 0.3 is 0 Å². The van der Waals surface area contributed by atoms with Crippen LogP contribution in [0.25, 0.3) is 11.3 Å². The van der Waals surface area contributed by atoms with Crippen molar-refractivity contribution in [3.05, 3.63) is 69.8 Å². The average molecular weight is 392 g/mol. The van der Waals surface area contributed by atoms with Crippen LogP contribution in [0.5, 0.6) is 5.75 Å². The van der Waals surface area contributed by atoms with Crippen LogP contribution in [0.4, 0.5) is 13.2 Å². The van der Waals surface area contributed by atoms with E-state index in [2.05, 4.69) is 10.3 Å². The molecule has 0 aliphatic heterocycles. The van der Waals surface area contributed by atoms with Crippen molar-refractivity contribution in [3.63, 3.8) is 0 Å². The highest BCUT2D eigenvalue weighted by Gasteiger charge is 2.18. The summed E-state index contributed by atoms with van der Waals surface area (Å²) in [7, 11) is 1.59. The van der Waals surface area contributed by atoms with Crippen molar-refractivity contribution in [2.24, 2.45) is 0 Å². The first-order chi connectivity index (χ1) is 13.0. The summed E-state index contributed by atoms with van der Waals surface area (Å²) in [6, 6.07) is 9.09. The van der Waals surface area contributed by atoms with Crippen LogP contribution >= 0.6 is 11.3 Å². The number of amides is 1. The first-order valence-corrected chi connectivity index (χ1v) is 8.88. The van der Waals surface area contributed by atoms with Gasteiger partial charge in [0.05, 0.1) is 23.4 Å². The third-order valence-electron chi connectivity index (χ3n) is 3.84. The van der Waals surface area contributed by atoms with Crippen LogP contribution in [0.15, 0.2) is 41.8 Å². The number of hydrogen-bond donors (Lipinski definition) is 1. The Labute approximate surface area is 157 Å². The van der Waals surface area contributed by atoms with Crippen molar-refractivity contribution in [2.75, 3.05) is 13.7 Å². The SMILES string of the molecule is COc1ccc(-c2csc(CCNC(=O)c3ccc(F)c(F)c3F)n2)cc1. The molecule has 0 unspecified atom stereocenters. The van der Waals surface area contributed by atoms with Gasteiger partial charge in [0.1, 0.15) is 5.75 Å². The number of nitrogens with one attached hydrogen (secondary N) is 1. The first kappa shape index (κ1) is 18.9. The molecule has 1 amide bonds. The van der Waals surface area contributed by atoms with Gasteiger partial charge in [-0.3, -0.25) is 4.79 Å². The van der Waals surface area contributed by atoms with Crippen LogP contribution in [0.2, 0.25) is 0 Å². The van der Waals surface area contributed by atoms with Gasteiger partial charge < -0.3 is 10.1 Å². The van der Waals surface area contributed by atoms with Crippen LogP contribution in [0, 0.1) is 17.5 Å². The lowest BCUT2D eigenvalue weighted by Crippen LogP contribution is -2.27. The second kappa shape index (κ2) is 8.22. The molecule has 4 nitrogen and oxygen atoms in total. The predicted molar refractivity (Wildman–Crippen MR) is 96.5 cm³/mol. The molecule has 0 spiro atoms. The number of hydrogen-bond acceptors (Lipinski definition) is 4. The Morgan fingerprint density at radius 2 is 1.85 bits per heavy atom. The van der Waals surface area contributed by atoms with E-state index < -0.39 is 28.9 Å². The van der Waals surface area contributed by atoms with E-state index in [1.54, 1.807) is 7.11 Å². The lowest BCUT2D eigenvalue weighted by atomic mass is 10.2. The molecule has 3 rings (SSSR count). The smallest absolute Gasteiger partial charge is 0.254 e. The molecule has 140 valence electrons. The van der Waals surface area contributed by atoms with Gasteiger partial charge in [-0.05, 0) is 36.4 Å². The van der Waals surface area contributed by atoms with Gasteiger partial charge in [0.25, 0.3) is 5.91 Å². The van der Waals surface area contributed by atoms with Gasteiger partial charge in [-0.15, -0.1) is 11.3 Å². The van der Waals surface area contributed by atoms with E-state index in [0.29, 0.717) is 6.42 Å². The predicted octanol–water partition coefficient (Wildman–Crippen LogP) is 4.21. The Bertz CT molecular complexity index is 958. The average Bonchev–Trinajstić information content (AvgIpc) is 3.15. The molecule has 3 aromatic rings. The lowest BCUT2D eigenvalue weighted by molar-refractivity contribution is 0.0949. The van der Waals surface area contributed by atoms with E-state index in [4.69, 9.17) is 4.74 Å². The number of aromatic nitrogens is 1. The van der Waals surface area contributed by atoms with E-state index in [1.165, 1.54) is 11.3 Å². The molecule has 2 aromatic carbocycles. The maximum absolute atomic E-state index is 13.6. The van der Waals surface area contributed by atoms with Crippen LogP contribution in [0.1, 0.15) is 15.4 Å². The Morgan fingerprint density at radius 1 is 1.11 bits per heavy atom. The molecule has 1 N–H and O–H groups in total. The summed E-state index contributed by atoms with van der Waals surface area (Å²) in [5.41, 5.74) is 1.20. The number of ether oxygens (including phenoxy) is 1. The van der Waals surface area contributed by atoms with Crippen LogP contribution in [0.3, 0.4) is 0 Å². The van der Waals surface area contributed by atoms with E-state index in [9.17, 15) is 18.0 Å². The number of nitrogens with zero attached hydrogens (tertiary/aromatic N) is 1. The van der Waals surface area contributed by atoms with Crippen molar-refractivity contribution in [1.29, 1.82) is 0 Å². The molecule has 0 saturated carbocycles. The topological polar surface area (TPSA) is 51.2 Å². The Kier molecular flexibility index (Phi) is 5.75. The molecule has 0 radical (unpaired) electrons. The molecule has 0 saturated heterocycles. The monoisotopic (exact) mass is 392 g/mol. The van der Waals surface area contributed by atoms with Crippen molar-refractivity contribution >= 4 is 17.2 Å². The Hall–Kier alpha value is -2.87. The summed E-state index contributed by atoms with van der Waals surface area (Å²) in [6.07, 6.45) is 0.428. The van der Waals surface area contributed by atoms with Crippen LogP contribution < -0.4 is 10.1 Å². The molecule has 0 atom stereocenters. The molecule has 8 heteroatoms. The minimum absolute atomic E-state index is 0.187. The Balaban J connectivity index is 1.59. The molecule has 0 fully saturated rings. The molecule has 1 heterocycles. The van der Waals surface area contributed by atoms with Gasteiger partial charge in [0.15, 0.2) is 17.5 Å². The fourth-order valence-electron chi connectivity index (χ4n) is 2.40. The molecule has 1 aromatic heterocycles. The Morgan fingerprint density at radius 3 is 2.56 bits per heavy atom. The maximum atomic E-state index is 13.6. The summed E-state index contributed by atoms with van der Waals surface area (Å²) in [6.45, 7) is 0.187. The number of carbonyl (C=O) groups is 1. The molecule has 0 aliphatic rings. The van der Waals surface area contributed by atoms with E-state index in [0.717, 1.165) is 34.1 Å². The van der Waals surface area contributed by atoms with Gasteiger partial charge in [-0.1, -0.05) is 0 Å². The summed E-state index contributed by atoms with van der Waals surface area (Å²) in [5.74, 6) is -4.55. The summed E-state index contributed by atoms with van der Waals surface area (Å²) < 4.78 is 44.9. The molecule has 0 bridgehead atoms. The van der Waals surface area contributed by atoms with Gasteiger partial charge in [0, 0.05) is 23.9 Å². The number of carbonyl (C=O) groups excluding carboxylic acids is 1. The molecular formula is C19H15F3N2O2S.